The van der Waals surface area contributed by atoms with Crippen LogP contribution < -0.4 is 10.5 Å². The second-order valence-corrected chi connectivity index (χ2v) is 9.40. The van der Waals surface area contributed by atoms with Gasteiger partial charge in [-0.25, -0.2) is 4.98 Å². The largest absolute Gasteiger partial charge is 0.416 e. The number of nitro groups is 1. The predicted octanol–water partition coefficient (Wildman–Crippen LogP) is 4.11. The molecule has 1 fully saturated rings. The minimum Gasteiger partial charge on any atom is -0.362 e. The number of fused-ring (bicyclic) bond motifs is 2. The number of thiophene rings is 1. The number of benzene rings is 1. The first-order valence-corrected chi connectivity index (χ1v) is 11.7. The van der Waals surface area contributed by atoms with E-state index in [2.05, 4.69) is 4.98 Å². The quantitative estimate of drug-likeness (QED) is 0.300. The van der Waals surface area contributed by atoms with E-state index in [4.69, 9.17) is 0 Å². The summed E-state index contributed by atoms with van der Waals surface area (Å²) in [5, 5.41) is 11.8. The molecule has 186 valence electrons. The maximum atomic E-state index is 13.2. The molecule has 36 heavy (non-hydrogen) atoms. The van der Waals surface area contributed by atoms with Crippen molar-refractivity contribution in [2.75, 3.05) is 31.1 Å². The van der Waals surface area contributed by atoms with E-state index in [1.165, 1.54) is 10.5 Å². The fourth-order valence-electron chi connectivity index (χ4n) is 4.28. The Kier molecular flexibility index (Phi) is 5.66. The minimum atomic E-state index is -4.69. The highest BCUT2D eigenvalue weighted by Gasteiger charge is 2.34. The molecule has 1 amide bonds. The maximum absolute atomic E-state index is 13.2. The van der Waals surface area contributed by atoms with Crippen molar-refractivity contribution in [2.45, 2.75) is 13.1 Å². The minimum absolute atomic E-state index is 0.0706. The number of pyridine rings is 1. The predicted molar refractivity (Wildman–Crippen MR) is 128 cm³/mol. The van der Waals surface area contributed by atoms with Gasteiger partial charge < -0.3 is 9.80 Å². The summed E-state index contributed by atoms with van der Waals surface area (Å²) in [6, 6.07) is 7.55. The molecule has 5 rings (SSSR count). The Morgan fingerprint density at radius 3 is 2.53 bits per heavy atom. The molecule has 1 aliphatic heterocycles. The van der Waals surface area contributed by atoms with Crippen LogP contribution >= 0.6 is 11.3 Å². The van der Waals surface area contributed by atoms with Gasteiger partial charge in [-0.2, -0.15) is 13.2 Å². The number of halogens is 3. The van der Waals surface area contributed by atoms with Gasteiger partial charge in [0.2, 0.25) is 0 Å². The topological polar surface area (TPSA) is 101 Å². The van der Waals surface area contributed by atoms with Crippen molar-refractivity contribution in [2.24, 2.45) is 0 Å². The molecule has 1 aliphatic rings. The third kappa shape index (κ3) is 4.04. The smallest absolute Gasteiger partial charge is 0.362 e. The van der Waals surface area contributed by atoms with Crippen LogP contribution in [0.2, 0.25) is 0 Å². The number of anilines is 1. The molecule has 0 spiro atoms. The molecule has 0 radical (unpaired) electrons. The van der Waals surface area contributed by atoms with Gasteiger partial charge in [0.15, 0.2) is 0 Å². The molecule has 3 aromatic heterocycles. The zero-order valence-corrected chi connectivity index (χ0v) is 19.6. The number of nitro benzene ring substituents is 1. The second kappa shape index (κ2) is 8.59. The van der Waals surface area contributed by atoms with Gasteiger partial charge in [-0.3, -0.25) is 24.1 Å². The van der Waals surface area contributed by atoms with Gasteiger partial charge in [-0.1, -0.05) is 6.07 Å². The number of piperazine rings is 1. The van der Waals surface area contributed by atoms with E-state index in [-0.39, 0.29) is 43.3 Å². The first-order valence-electron chi connectivity index (χ1n) is 10.9. The Hall–Kier alpha value is -4.00. The zero-order valence-electron chi connectivity index (χ0n) is 18.8. The zero-order chi connectivity index (χ0) is 25.8. The summed E-state index contributed by atoms with van der Waals surface area (Å²) in [6.45, 7) is 2.66. The van der Waals surface area contributed by atoms with Crippen LogP contribution in [0.1, 0.15) is 20.8 Å². The average molecular weight is 517 g/mol. The number of carbonyl (C=O) groups is 1. The van der Waals surface area contributed by atoms with Crippen LogP contribution in [0.4, 0.5) is 24.5 Å². The van der Waals surface area contributed by atoms with Crippen molar-refractivity contribution >= 4 is 44.5 Å². The van der Waals surface area contributed by atoms with E-state index in [0.29, 0.717) is 26.8 Å². The van der Waals surface area contributed by atoms with Crippen molar-refractivity contribution in [3.05, 3.63) is 79.1 Å². The summed E-state index contributed by atoms with van der Waals surface area (Å²) < 4.78 is 40.5. The normalized spacial score (nSPS) is 14.6. The number of hydrogen-bond donors (Lipinski definition) is 0. The number of aryl methyl sites for hydroxylation is 1. The molecular weight excluding hydrogens is 499 g/mol. The fourth-order valence-corrected chi connectivity index (χ4v) is 5.27. The molecule has 9 nitrogen and oxygen atoms in total. The van der Waals surface area contributed by atoms with Crippen molar-refractivity contribution in [1.29, 1.82) is 0 Å². The van der Waals surface area contributed by atoms with Gasteiger partial charge in [-0.05, 0) is 36.8 Å². The number of carbonyl (C=O) groups excluding carboxylic acids is 1. The molecule has 13 heteroatoms. The van der Waals surface area contributed by atoms with Crippen LogP contribution in [0.25, 0.3) is 15.9 Å². The van der Waals surface area contributed by atoms with E-state index < -0.39 is 22.4 Å². The standard InChI is InChI=1S/C23H18F3N5O4S/c1-13-3-2-6-30-19(13)27-20-15(21(30)32)12-18(36-20)22(33)29-9-7-28(8-10-29)16-5-4-14(23(24,25)26)11-17(16)31(34)35/h2-6,11-12H,7-10H2,1H3. The maximum Gasteiger partial charge on any atom is 0.416 e. The van der Waals surface area contributed by atoms with Crippen LogP contribution in [0, 0.1) is 17.0 Å². The third-order valence-corrected chi connectivity index (χ3v) is 7.17. The van der Waals surface area contributed by atoms with Crippen molar-refractivity contribution in [1.82, 2.24) is 14.3 Å². The van der Waals surface area contributed by atoms with Crippen LogP contribution in [0.5, 0.6) is 0 Å². The Morgan fingerprint density at radius 2 is 1.86 bits per heavy atom. The number of nitrogens with zero attached hydrogens (tertiary/aromatic N) is 5. The lowest BCUT2D eigenvalue weighted by Gasteiger charge is -2.35. The van der Waals surface area contributed by atoms with Crippen molar-refractivity contribution in [3.63, 3.8) is 0 Å². The molecule has 0 unspecified atom stereocenters. The molecule has 0 N–H and O–H groups in total. The fraction of sp³-hybridized carbons (Fsp3) is 0.261. The molecule has 1 saturated heterocycles. The Bertz CT molecular complexity index is 1590. The SMILES string of the molecule is Cc1cccn2c(=O)c3cc(C(=O)N4CCN(c5ccc(C(F)(F)F)cc5[N+](=O)[O-])CC4)sc3nc12. The lowest BCUT2D eigenvalue weighted by molar-refractivity contribution is -0.384. The van der Waals surface area contributed by atoms with Crippen molar-refractivity contribution in [3.8, 4) is 0 Å². The summed E-state index contributed by atoms with van der Waals surface area (Å²) in [6.07, 6.45) is -3.07. The van der Waals surface area contributed by atoms with Gasteiger partial charge in [0.1, 0.15) is 16.2 Å². The first-order chi connectivity index (χ1) is 17.0. The highest BCUT2D eigenvalue weighted by Crippen LogP contribution is 2.37. The Labute approximate surface area is 205 Å². The molecule has 4 aromatic rings. The number of alkyl halides is 3. The molecular formula is C23H18F3N5O4S. The lowest BCUT2D eigenvalue weighted by atomic mass is 10.1. The first kappa shape index (κ1) is 23.7. The number of rotatable bonds is 3. The van der Waals surface area contributed by atoms with Gasteiger partial charge in [0, 0.05) is 38.4 Å². The second-order valence-electron chi connectivity index (χ2n) is 8.37. The summed E-state index contributed by atoms with van der Waals surface area (Å²) in [5.74, 6) is -0.301. The number of amides is 1. The van der Waals surface area contributed by atoms with E-state index in [1.54, 1.807) is 22.1 Å². The summed E-state index contributed by atoms with van der Waals surface area (Å²) in [5.41, 5.74) is -0.588. The number of hydrogen-bond acceptors (Lipinski definition) is 7. The molecule has 0 saturated carbocycles. The van der Waals surface area contributed by atoms with E-state index >= 15 is 0 Å². The third-order valence-electron chi connectivity index (χ3n) is 6.15. The van der Waals surface area contributed by atoms with Gasteiger partial charge >= 0.3 is 6.18 Å². The van der Waals surface area contributed by atoms with Gasteiger partial charge in [0.05, 0.1) is 20.8 Å². The van der Waals surface area contributed by atoms with Crippen LogP contribution in [-0.4, -0.2) is 51.3 Å². The highest BCUT2D eigenvalue weighted by atomic mass is 32.1. The monoisotopic (exact) mass is 517 g/mol. The van der Waals surface area contributed by atoms with Crippen LogP contribution in [0.15, 0.2) is 47.4 Å². The highest BCUT2D eigenvalue weighted by molar-refractivity contribution is 7.20. The summed E-state index contributed by atoms with van der Waals surface area (Å²) in [4.78, 5) is 45.2. The Morgan fingerprint density at radius 1 is 1.14 bits per heavy atom. The molecule has 1 aromatic carbocycles. The molecule has 0 aliphatic carbocycles. The summed E-state index contributed by atoms with van der Waals surface area (Å²) >= 11 is 1.12. The van der Waals surface area contributed by atoms with E-state index in [1.807, 2.05) is 13.0 Å². The molecule has 4 heterocycles. The van der Waals surface area contributed by atoms with E-state index in [0.717, 1.165) is 29.0 Å². The van der Waals surface area contributed by atoms with E-state index in [9.17, 15) is 32.9 Å². The van der Waals surface area contributed by atoms with Gasteiger partial charge in [-0.15, -0.1) is 11.3 Å². The summed E-state index contributed by atoms with van der Waals surface area (Å²) in [7, 11) is 0. The lowest BCUT2D eigenvalue weighted by Crippen LogP contribution is -2.48. The van der Waals surface area contributed by atoms with Crippen LogP contribution in [-0.2, 0) is 6.18 Å². The van der Waals surface area contributed by atoms with Gasteiger partial charge in [0.25, 0.3) is 17.2 Å². The number of aromatic nitrogens is 2. The average Bonchev–Trinajstić information content (AvgIpc) is 3.28. The van der Waals surface area contributed by atoms with Crippen LogP contribution in [0.3, 0.4) is 0 Å². The molecule has 0 bridgehead atoms. The Balaban J connectivity index is 1.37. The molecule has 0 atom stereocenters. The van der Waals surface area contributed by atoms with Crippen molar-refractivity contribution < 1.29 is 22.9 Å².